The molecule has 1 N–H and O–H groups in total. The summed E-state index contributed by atoms with van der Waals surface area (Å²) >= 11 is 0. The summed E-state index contributed by atoms with van der Waals surface area (Å²) in [6.45, 7) is 10.2. The molecular weight excluding hydrogens is 176 g/mol. The summed E-state index contributed by atoms with van der Waals surface area (Å²) in [4.78, 5) is 13.8. The summed E-state index contributed by atoms with van der Waals surface area (Å²) in [5, 5.41) is 3.23. The minimum absolute atomic E-state index is 0.204. The molecule has 0 saturated carbocycles. The first-order valence-electron chi connectivity index (χ1n) is 5.06. The molecule has 1 rings (SSSR count). The molecule has 1 saturated heterocycles. The topological polar surface area (TPSA) is 32.3 Å². The Morgan fingerprint density at radius 3 is 2.71 bits per heavy atom. The third-order valence-electron chi connectivity index (χ3n) is 2.74. The van der Waals surface area contributed by atoms with Gasteiger partial charge in [0.2, 0.25) is 5.91 Å². The van der Waals surface area contributed by atoms with Crippen molar-refractivity contribution in [2.75, 3.05) is 26.7 Å². The van der Waals surface area contributed by atoms with Gasteiger partial charge in [0.15, 0.2) is 0 Å². The fourth-order valence-electron chi connectivity index (χ4n) is 1.94. The Bertz CT molecular complexity index is 242. The number of nitrogens with zero attached hydrogens (tertiary/aromatic N) is 1. The van der Waals surface area contributed by atoms with E-state index in [4.69, 9.17) is 0 Å². The number of amides is 1. The Labute approximate surface area is 86.2 Å². The number of nitrogens with one attached hydrogen (secondary N) is 1. The maximum Gasteiger partial charge on any atom is 0.229 e. The molecule has 0 bridgehead atoms. The molecule has 0 spiro atoms. The summed E-state index contributed by atoms with van der Waals surface area (Å²) in [5.74, 6) is 0.227. The number of carbonyl (C=O) groups is 1. The standard InChI is InChI=1S/C11H20N2O/c1-9(2)7-13(4)10(14)11(3)5-6-12-8-11/h12H,1,5-8H2,2-4H3. The van der Waals surface area contributed by atoms with E-state index in [1.807, 2.05) is 20.9 Å². The smallest absolute Gasteiger partial charge is 0.229 e. The molecular formula is C11H20N2O. The van der Waals surface area contributed by atoms with Crippen LogP contribution in [0.5, 0.6) is 0 Å². The van der Waals surface area contributed by atoms with E-state index in [0.29, 0.717) is 6.54 Å². The molecule has 1 unspecified atom stereocenters. The number of carbonyl (C=O) groups excluding carboxylic acids is 1. The normalized spacial score (nSPS) is 26.2. The van der Waals surface area contributed by atoms with Crippen molar-refractivity contribution < 1.29 is 4.79 Å². The van der Waals surface area contributed by atoms with Crippen LogP contribution in [0.2, 0.25) is 0 Å². The van der Waals surface area contributed by atoms with Crippen LogP contribution in [-0.4, -0.2) is 37.5 Å². The van der Waals surface area contributed by atoms with E-state index < -0.39 is 0 Å². The van der Waals surface area contributed by atoms with Gasteiger partial charge in [-0.3, -0.25) is 4.79 Å². The summed E-state index contributed by atoms with van der Waals surface area (Å²) < 4.78 is 0. The van der Waals surface area contributed by atoms with Crippen LogP contribution in [0.15, 0.2) is 12.2 Å². The van der Waals surface area contributed by atoms with Gasteiger partial charge in [0.1, 0.15) is 0 Å². The average molecular weight is 196 g/mol. The second kappa shape index (κ2) is 4.13. The van der Waals surface area contributed by atoms with Crippen LogP contribution in [0.3, 0.4) is 0 Å². The van der Waals surface area contributed by atoms with E-state index in [1.54, 1.807) is 4.90 Å². The highest BCUT2D eigenvalue weighted by atomic mass is 16.2. The van der Waals surface area contributed by atoms with Crippen molar-refractivity contribution in [1.29, 1.82) is 0 Å². The van der Waals surface area contributed by atoms with Crippen molar-refractivity contribution in [3.63, 3.8) is 0 Å². The predicted molar refractivity (Wildman–Crippen MR) is 58.0 cm³/mol. The molecule has 0 aromatic rings. The van der Waals surface area contributed by atoms with Gasteiger partial charge in [-0.05, 0) is 26.8 Å². The number of hydrogen-bond acceptors (Lipinski definition) is 2. The highest BCUT2D eigenvalue weighted by Crippen LogP contribution is 2.26. The summed E-state index contributed by atoms with van der Waals surface area (Å²) in [7, 11) is 1.85. The number of likely N-dealkylation sites (N-methyl/N-ethyl adjacent to an activating group) is 1. The van der Waals surface area contributed by atoms with Crippen LogP contribution in [0.4, 0.5) is 0 Å². The largest absolute Gasteiger partial charge is 0.341 e. The van der Waals surface area contributed by atoms with Crippen molar-refractivity contribution in [1.82, 2.24) is 10.2 Å². The third kappa shape index (κ3) is 2.35. The Kier molecular flexibility index (Phi) is 3.32. The van der Waals surface area contributed by atoms with Crippen molar-refractivity contribution in [2.24, 2.45) is 5.41 Å². The number of hydrogen-bond donors (Lipinski definition) is 1. The van der Waals surface area contributed by atoms with E-state index in [0.717, 1.165) is 25.1 Å². The molecule has 1 aliphatic rings. The zero-order chi connectivity index (χ0) is 10.8. The first-order valence-corrected chi connectivity index (χ1v) is 5.06. The lowest BCUT2D eigenvalue weighted by Gasteiger charge is -2.28. The molecule has 0 aliphatic carbocycles. The maximum absolute atomic E-state index is 12.0. The molecule has 1 amide bonds. The molecule has 0 aromatic heterocycles. The highest BCUT2D eigenvalue weighted by Gasteiger charge is 2.37. The average Bonchev–Trinajstić information content (AvgIpc) is 2.51. The van der Waals surface area contributed by atoms with E-state index in [2.05, 4.69) is 11.9 Å². The zero-order valence-corrected chi connectivity index (χ0v) is 9.39. The van der Waals surface area contributed by atoms with Crippen LogP contribution in [-0.2, 0) is 4.79 Å². The van der Waals surface area contributed by atoms with Gasteiger partial charge in [-0.2, -0.15) is 0 Å². The van der Waals surface area contributed by atoms with E-state index in [-0.39, 0.29) is 11.3 Å². The van der Waals surface area contributed by atoms with Crippen molar-refractivity contribution in [2.45, 2.75) is 20.3 Å². The summed E-state index contributed by atoms with van der Waals surface area (Å²) in [6.07, 6.45) is 0.937. The van der Waals surface area contributed by atoms with E-state index in [1.165, 1.54) is 0 Å². The van der Waals surface area contributed by atoms with Gasteiger partial charge < -0.3 is 10.2 Å². The van der Waals surface area contributed by atoms with Gasteiger partial charge >= 0.3 is 0 Å². The van der Waals surface area contributed by atoms with Gasteiger partial charge in [-0.15, -0.1) is 0 Å². The quantitative estimate of drug-likeness (QED) is 0.684. The lowest BCUT2D eigenvalue weighted by atomic mass is 9.88. The third-order valence-corrected chi connectivity index (χ3v) is 2.74. The Balaban J connectivity index is 2.59. The van der Waals surface area contributed by atoms with Gasteiger partial charge in [0, 0.05) is 20.1 Å². The molecule has 1 aliphatic heterocycles. The fraction of sp³-hybridized carbons (Fsp3) is 0.727. The highest BCUT2D eigenvalue weighted by molar-refractivity contribution is 5.83. The molecule has 14 heavy (non-hydrogen) atoms. The van der Waals surface area contributed by atoms with Crippen molar-refractivity contribution >= 4 is 5.91 Å². The lowest BCUT2D eigenvalue weighted by molar-refractivity contribution is -0.138. The molecule has 3 heteroatoms. The summed E-state index contributed by atoms with van der Waals surface area (Å²) in [5.41, 5.74) is 0.819. The van der Waals surface area contributed by atoms with Crippen LogP contribution in [0.1, 0.15) is 20.3 Å². The molecule has 1 atom stereocenters. The van der Waals surface area contributed by atoms with Gasteiger partial charge in [-0.1, -0.05) is 12.2 Å². The van der Waals surface area contributed by atoms with Crippen molar-refractivity contribution in [3.8, 4) is 0 Å². The first-order chi connectivity index (χ1) is 6.46. The van der Waals surface area contributed by atoms with Crippen molar-refractivity contribution in [3.05, 3.63) is 12.2 Å². The molecule has 3 nitrogen and oxygen atoms in total. The minimum atomic E-state index is -0.204. The van der Waals surface area contributed by atoms with Crippen LogP contribution < -0.4 is 5.32 Å². The van der Waals surface area contributed by atoms with Crippen LogP contribution in [0.25, 0.3) is 0 Å². The maximum atomic E-state index is 12.0. The van der Waals surface area contributed by atoms with Gasteiger partial charge in [0.25, 0.3) is 0 Å². The first kappa shape index (κ1) is 11.2. The molecule has 1 fully saturated rings. The number of rotatable bonds is 3. The van der Waals surface area contributed by atoms with E-state index in [9.17, 15) is 4.79 Å². The molecule has 0 aromatic carbocycles. The van der Waals surface area contributed by atoms with Gasteiger partial charge in [0.05, 0.1) is 5.41 Å². The lowest BCUT2D eigenvalue weighted by Crippen LogP contribution is -2.42. The van der Waals surface area contributed by atoms with Gasteiger partial charge in [-0.25, -0.2) is 0 Å². The summed E-state index contributed by atoms with van der Waals surface area (Å²) in [6, 6.07) is 0. The second-order valence-electron chi connectivity index (χ2n) is 4.61. The SMILES string of the molecule is C=C(C)CN(C)C(=O)C1(C)CCNC1. The Hall–Kier alpha value is -0.830. The minimum Gasteiger partial charge on any atom is -0.341 e. The zero-order valence-electron chi connectivity index (χ0n) is 9.39. The Morgan fingerprint density at radius 1 is 1.64 bits per heavy atom. The van der Waals surface area contributed by atoms with Crippen LogP contribution >= 0.6 is 0 Å². The second-order valence-corrected chi connectivity index (χ2v) is 4.61. The molecule has 1 heterocycles. The predicted octanol–water partition coefficient (Wildman–Crippen LogP) is 1.02. The molecule has 80 valence electrons. The fourth-order valence-corrected chi connectivity index (χ4v) is 1.94. The van der Waals surface area contributed by atoms with Crippen LogP contribution in [0, 0.1) is 5.41 Å². The monoisotopic (exact) mass is 196 g/mol. The Morgan fingerprint density at radius 2 is 2.29 bits per heavy atom. The molecule has 0 radical (unpaired) electrons. The van der Waals surface area contributed by atoms with E-state index >= 15 is 0 Å².